The number of aliphatic hydroxyl groups excluding tert-OH is 1. The van der Waals surface area contributed by atoms with Gasteiger partial charge in [0.05, 0.1) is 5.56 Å². The molecule has 19 heavy (non-hydrogen) atoms. The summed E-state index contributed by atoms with van der Waals surface area (Å²) in [5.74, 6) is 0.194. The molecule has 1 fully saturated rings. The molecule has 1 aromatic rings. The van der Waals surface area contributed by atoms with Crippen molar-refractivity contribution in [1.82, 2.24) is 4.90 Å². The first-order valence-electron chi connectivity index (χ1n) is 6.50. The first-order chi connectivity index (χ1) is 9.02. The second kappa shape index (κ2) is 5.48. The van der Waals surface area contributed by atoms with Crippen molar-refractivity contribution in [1.29, 1.82) is 0 Å². The van der Waals surface area contributed by atoms with E-state index < -0.39 is 0 Å². The number of carbonyl (C=O) groups excluding carboxylic acids is 1. The average molecular weight is 263 g/mol. The van der Waals surface area contributed by atoms with Crippen LogP contribution < -0.4 is 10.6 Å². The van der Waals surface area contributed by atoms with Gasteiger partial charge >= 0.3 is 0 Å². The lowest BCUT2D eigenvalue weighted by atomic mass is 10.1. The van der Waals surface area contributed by atoms with Crippen molar-refractivity contribution < 1.29 is 9.90 Å². The summed E-state index contributed by atoms with van der Waals surface area (Å²) < 4.78 is 0. The average Bonchev–Trinajstić information content (AvgIpc) is 2.86. The van der Waals surface area contributed by atoms with Crippen LogP contribution in [0.15, 0.2) is 18.2 Å². The predicted octanol–water partition coefficient (Wildman–Crippen LogP) is 0.789. The highest BCUT2D eigenvalue weighted by Gasteiger charge is 2.28. The topological polar surface area (TPSA) is 69.8 Å². The highest BCUT2D eigenvalue weighted by Crippen LogP contribution is 2.25. The van der Waals surface area contributed by atoms with Gasteiger partial charge in [-0.1, -0.05) is 0 Å². The molecule has 0 radical (unpaired) electrons. The molecule has 1 atom stereocenters. The maximum absolute atomic E-state index is 12.5. The van der Waals surface area contributed by atoms with E-state index in [0.717, 1.165) is 12.1 Å². The van der Waals surface area contributed by atoms with Gasteiger partial charge in [0, 0.05) is 51.1 Å². The number of hydrogen-bond acceptors (Lipinski definition) is 4. The number of hydrogen-bond donors (Lipinski definition) is 2. The quantitative estimate of drug-likeness (QED) is 0.791. The predicted molar refractivity (Wildman–Crippen MR) is 76.3 cm³/mol. The Morgan fingerprint density at radius 3 is 2.84 bits per heavy atom. The molecule has 1 unspecified atom stereocenters. The molecule has 104 valence electrons. The molecular formula is C14H21N3O2. The van der Waals surface area contributed by atoms with E-state index in [-0.39, 0.29) is 18.4 Å². The third-order valence-electron chi connectivity index (χ3n) is 3.56. The van der Waals surface area contributed by atoms with Crippen molar-refractivity contribution >= 4 is 17.3 Å². The summed E-state index contributed by atoms with van der Waals surface area (Å²) in [5, 5.41) is 9.16. The molecule has 0 aliphatic carbocycles. The highest BCUT2D eigenvalue weighted by atomic mass is 16.3. The van der Waals surface area contributed by atoms with Gasteiger partial charge in [0.25, 0.3) is 5.91 Å². The van der Waals surface area contributed by atoms with Crippen LogP contribution in [0.5, 0.6) is 0 Å². The normalized spacial score (nSPS) is 18.7. The molecule has 5 heteroatoms. The van der Waals surface area contributed by atoms with Crippen LogP contribution in [0.3, 0.4) is 0 Å². The maximum atomic E-state index is 12.5. The number of aliphatic hydroxyl groups is 1. The fourth-order valence-electron chi connectivity index (χ4n) is 2.45. The Morgan fingerprint density at radius 2 is 2.26 bits per heavy atom. The maximum Gasteiger partial charge on any atom is 0.256 e. The fraction of sp³-hybridized carbons (Fsp3) is 0.500. The number of likely N-dealkylation sites (tertiary alicyclic amines) is 1. The molecule has 1 aromatic carbocycles. The minimum absolute atomic E-state index is 0.00745. The summed E-state index contributed by atoms with van der Waals surface area (Å²) in [7, 11) is 3.81. The van der Waals surface area contributed by atoms with Crippen molar-refractivity contribution in [3.63, 3.8) is 0 Å². The Hall–Kier alpha value is -1.75. The lowest BCUT2D eigenvalue weighted by Crippen LogP contribution is -2.30. The number of carbonyl (C=O) groups is 1. The second-order valence-corrected chi connectivity index (χ2v) is 5.26. The number of amides is 1. The van der Waals surface area contributed by atoms with Gasteiger partial charge in [0.2, 0.25) is 0 Å². The minimum atomic E-state index is -0.00745. The smallest absolute Gasteiger partial charge is 0.256 e. The molecule has 0 saturated carbocycles. The van der Waals surface area contributed by atoms with Crippen LogP contribution in [-0.2, 0) is 0 Å². The summed E-state index contributed by atoms with van der Waals surface area (Å²) in [5.41, 5.74) is 7.87. The summed E-state index contributed by atoms with van der Waals surface area (Å²) >= 11 is 0. The zero-order valence-corrected chi connectivity index (χ0v) is 11.5. The second-order valence-electron chi connectivity index (χ2n) is 5.26. The number of anilines is 2. The number of rotatable bonds is 3. The fourth-order valence-corrected chi connectivity index (χ4v) is 2.45. The zero-order valence-electron chi connectivity index (χ0n) is 11.5. The number of nitrogen functional groups attached to an aromatic ring is 1. The van der Waals surface area contributed by atoms with Crippen molar-refractivity contribution in [2.75, 3.05) is 44.4 Å². The van der Waals surface area contributed by atoms with E-state index in [4.69, 9.17) is 10.8 Å². The number of nitrogens with two attached hydrogens (primary N) is 1. The standard InChI is InChI=1S/C14H21N3O2/c1-16(2)13-4-3-11(15)7-12(13)14(19)17-6-5-10(8-17)9-18/h3-4,7,10,18H,5-6,8-9,15H2,1-2H3. The van der Waals surface area contributed by atoms with Crippen molar-refractivity contribution in [2.45, 2.75) is 6.42 Å². The number of nitrogens with zero attached hydrogens (tertiary/aromatic N) is 2. The Balaban J connectivity index is 2.26. The molecule has 1 saturated heterocycles. The molecule has 3 N–H and O–H groups in total. The first-order valence-corrected chi connectivity index (χ1v) is 6.50. The van der Waals surface area contributed by atoms with Gasteiger partial charge in [-0.05, 0) is 24.6 Å². The SMILES string of the molecule is CN(C)c1ccc(N)cc1C(=O)N1CCC(CO)C1. The Bertz CT molecular complexity index is 474. The van der Waals surface area contributed by atoms with E-state index in [0.29, 0.717) is 24.3 Å². The molecule has 1 aliphatic heterocycles. The van der Waals surface area contributed by atoms with Crippen molar-refractivity contribution in [3.8, 4) is 0 Å². The van der Waals surface area contributed by atoms with Gasteiger partial charge < -0.3 is 20.6 Å². The molecular weight excluding hydrogens is 242 g/mol. The van der Waals surface area contributed by atoms with Gasteiger partial charge in [-0.3, -0.25) is 4.79 Å². The summed E-state index contributed by atoms with van der Waals surface area (Å²) in [6.07, 6.45) is 0.863. The lowest BCUT2D eigenvalue weighted by molar-refractivity contribution is 0.0782. The van der Waals surface area contributed by atoms with Crippen LogP contribution in [0.25, 0.3) is 0 Å². The monoisotopic (exact) mass is 263 g/mol. The molecule has 0 spiro atoms. The third kappa shape index (κ3) is 2.81. The zero-order chi connectivity index (χ0) is 14.0. The van der Waals surface area contributed by atoms with Gasteiger partial charge in [-0.25, -0.2) is 0 Å². The largest absolute Gasteiger partial charge is 0.399 e. The Morgan fingerprint density at radius 1 is 1.53 bits per heavy atom. The van der Waals surface area contributed by atoms with Crippen LogP contribution in [0, 0.1) is 5.92 Å². The molecule has 0 bridgehead atoms. The van der Waals surface area contributed by atoms with E-state index in [1.807, 2.05) is 25.1 Å². The van der Waals surface area contributed by atoms with Gasteiger partial charge in [0.1, 0.15) is 0 Å². The molecule has 0 aromatic heterocycles. The number of benzene rings is 1. The van der Waals surface area contributed by atoms with E-state index >= 15 is 0 Å². The van der Waals surface area contributed by atoms with Crippen LogP contribution in [-0.4, -0.2) is 49.7 Å². The highest BCUT2D eigenvalue weighted by molar-refractivity contribution is 6.00. The van der Waals surface area contributed by atoms with Gasteiger partial charge in [-0.2, -0.15) is 0 Å². The first kappa shape index (κ1) is 13.7. The molecule has 1 heterocycles. The van der Waals surface area contributed by atoms with Crippen LogP contribution >= 0.6 is 0 Å². The summed E-state index contributed by atoms with van der Waals surface area (Å²) in [6, 6.07) is 5.39. The molecule has 1 amide bonds. The van der Waals surface area contributed by atoms with E-state index in [1.165, 1.54) is 0 Å². The molecule has 5 nitrogen and oxygen atoms in total. The minimum Gasteiger partial charge on any atom is -0.399 e. The lowest BCUT2D eigenvalue weighted by Gasteiger charge is -2.22. The van der Waals surface area contributed by atoms with E-state index in [1.54, 1.807) is 17.0 Å². The van der Waals surface area contributed by atoms with E-state index in [2.05, 4.69) is 0 Å². The van der Waals surface area contributed by atoms with Crippen molar-refractivity contribution in [3.05, 3.63) is 23.8 Å². The molecule has 2 rings (SSSR count). The van der Waals surface area contributed by atoms with Crippen LogP contribution in [0.2, 0.25) is 0 Å². The summed E-state index contributed by atoms with van der Waals surface area (Å²) in [4.78, 5) is 16.3. The Labute approximate surface area is 113 Å². The Kier molecular flexibility index (Phi) is 3.95. The van der Waals surface area contributed by atoms with Crippen molar-refractivity contribution in [2.24, 2.45) is 5.92 Å². The van der Waals surface area contributed by atoms with Gasteiger partial charge in [0.15, 0.2) is 0 Å². The van der Waals surface area contributed by atoms with Gasteiger partial charge in [-0.15, -0.1) is 0 Å². The van der Waals surface area contributed by atoms with Crippen LogP contribution in [0.1, 0.15) is 16.8 Å². The van der Waals surface area contributed by atoms with Crippen LogP contribution in [0.4, 0.5) is 11.4 Å². The summed E-state index contributed by atoms with van der Waals surface area (Å²) in [6.45, 7) is 1.46. The van der Waals surface area contributed by atoms with E-state index in [9.17, 15) is 4.79 Å². The third-order valence-corrected chi connectivity index (χ3v) is 3.56. The molecule has 1 aliphatic rings.